The molecule has 2 saturated carbocycles. The van der Waals surface area contributed by atoms with E-state index in [-0.39, 0.29) is 98.8 Å². The van der Waals surface area contributed by atoms with Gasteiger partial charge in [-0.3, -0.25) is 4.79 Å². The molecule has 4 unspecified atom stereocenters. The van der Waals surface area contributed by atoms with E-state index in [0.29, 0.717) is 51.4 Å². The van der Waals surface area contributed by atoms with Crippen LogP contribution in [-0.4, -0.2) is 146 Å². The quantitative estimate of drug-likeness (QED) is 0.0183. The lowest BCUT2D eigenvalue weighted by molar-refractivity contribution is -0.150. The van der Waals surface area contributed by atoms with Crippen molar-refractivity contribution < 1.29 is 70.8 Å². The van der Waals surface area contributed by atoms with Gasteiger partial charge in [-0.1, -0.05) is 81.3 Å². The molecule has 440 valence electrons. The van der Waals surface area contributed by atoms with Gasteiger partial charge >= 0.3 is 36.2 Å². The minimum Gasteiger partial charge on any atom is -0.462 e. The summed E-state index contributed by atoms with van der Waals surface area (Å²) in [4.78, 5) is 73.4. The highest BCUT2D eigenvalue weighted by atomic mass is 28.4. The molecule has 3 amide bonds. The number of hydrogen-bond donors (Lipinski definition) is 3. The average Bonchev–Trinajstić information content (AvgIpc) is 3.24. The zero-order valence-electron chi connectivity index (χ0n) is 48.7. The minimum absolute atomic E-state index is 0. The number of esters is 3. The molecule has 0 heterocycles. The van der Waals surface area contributed by atoms with Gasteiger partial charge in [0.1, 0.15) is 39.6 Å². The fraction of sp³-hybridized carbons (Fsp3) is 0.818. The number of carbonyl (C=O) groups excluding carboxylic acids is 6. The Balaban J connectivity index is 0.0000289. The molecule has 0 spiro atoms. The molecule has 21 heteroatoms. The molecule has 0 saturated heterocycles. The Kier molecular flexibility index (Phi) is 29.9. The smallest absolute Gasteiger partial charge is 0.407 e. The predicted octanol–water partition coefficient (Wildman–Crippen LogP) is 11.0. The van der Waals surface area contributed by atoms with E-state index in [4.69, 9.17) is 42.0 Å². The summed E-state index contributed by atoms with van der Waals surface area (Å²) >= 11 is 0. The van der Waals surface area contributed by atoms with Gasteiger partial charge in [-0.2, -0.15) is 0 Å². The van der Waals surface area contributed by atoms with Crippen LogP contribution in [0.1, 0.15) is 127 Å². The molecule has 4 atom stereocenters. The predicted molar refractivity (Wildman–Crippen MR) is 305 cm³/mol. The topological polar surface area (TPSA) is 222 Å². The maximum Gasteiger partial charge on any atom is 0.407 e. The first-order chi connectivity index (χ1) is 34.6. The third kappa shape index (κ3) is 31.0. The summed E-state index contributed by atoms with van der Waals surface area (Å²) in [7, 11) is -5.47. The number of carbonyl (C=O) groups is 6. The molecule has 3 N–H and O–H groups in total. The molecule has 0 aliphatic heterocycles. The van der Waals surface area contributed by atoms with E-state index < -0.39 is 54.9 Å². The first kappa shape index (κ1) is 70.2. The summed E-state index contributed by atoms with van der Waals surface area (Å²) in [5, 5.41) is 8.92. The lowest BCUT2D eigenvalue weighted by atomic mass is 9.61. The average molecular weight is 1130 g/mol. The SMILES string of the molecule is C.C=C(C)C(=O)OCCOC(=O)CCC1(C)CC(NC(=O)OCCOCCC[Si](C)(C)O[Si](C)(C)C[Si](C)(C)CCCOCCOC(=O)NC2CC(C)(C)CC(C)(CNC(=O)OCCOC(=O)C(=C)C)C2)CC(C)(C)C1. The van der Waals surface area contributed by atoms with E-state index in [9.17, 15) is 28.8 Å². The van der Waals surface area contributed by atoms with E-state index in [1.54, 1.807) is 13.8 Å². The van der Waals surface area contributed by atoms with Gasteiger partial charge in [0.2, 0.25) is 0 Å². The molecule has 2 aliphatic carbocycles. The van der Waals surface area contributed by atoms with Crippen LogP contribution in [0.2, 0.25) is 57.0 Å². The molecule has 2 aliphatic rings. The molecule has 0 aromatic carbocycles. The number of nitrogens with one attached hydrogen (secondary N) is 3. The number of hydrogen-bond acceptors (Lipinski definition) is 15. The third-order valence-corrected chi connectivity index (χ3v) is 28.5. The van der Waals surface area contributed by atoms with Gasteiger partial charge in [0, 0.05) is 57.5 Å². The standard InChI is InChI=1S/C54H99N3O15Si3.CH4/c1-41(2)46(59)67-28-27-66-45(58)19-20-53(9)35-43(33-51(5,6)37-53)56-49(62)70-26-24-65-22-18-32-74(13,14)72-75(15,16)40-73(11,12)31-17-21-64-23-25-71-50(63)57-44-34-52(7,8)38-54(10,36-44)39-55-48(61)69-30-29-68-47(60)42(3)4;/h43-44H,1,3,17-40H2,2,4-16H3,(H,55,61)(H,56,62)(H,57,63);1H4. The second-order valence-electron chi connectivity index (χ2n) is 25.5. The van der Waals surface area contributed by atoms with Crippen molar-refractivity contribution in [3.05, 3.63) is 24.3 Å². The zero-order valence-corrected chi connectivity index (χ0v) is 51.7. The summed E-state index contributed by atoms with van der Waals surface area (Å²) in [6.07, 6.45) is 5.85. The van der Waals surface area contributed by atoms with E-state index in [1.165, 1.54) is 0 Å². The number of alkyl carbamates (subject to hydrolysis) is 3. The minimum atomic E-state index is -1.95. The molecule has 0 bridgehead atoms. The Morgan fingerprint density at radius 2 is 0.947 bits per heavy atom. The van der Waals surface area contributed by atoms with Crippen LogP contribution in [0.5, 0.6) is 0 Å². The number of amides is 3. The van der Waals surface area contributed by atoms with Crippen molar-refractivity contribution >= 4 is 60.9 Å². The van der Waals surface area contributed by atoms with Crippen molar-refractivity contribution in [1.82, 2.24) is 16.0 Å². The second-order valence-corrected chi connectivity index (χ2v) is 40.1. The van der Waals surface area contributed by atoms with Crippen LogP contribution in [0, 0.1) is 21.7 Å². The van der Waals surface area contributed by atoms with Crippen LogP contribution in [0.3, 0.4) is 0 Å². The molecular formula is C55H103N3O15Si3. The van der Waals surface area contributed by atoms with E-state index >= 15 is 0 Å². The van der Waals surface area contributed by atoms with Crippen LogP contribution < -0.4 is 16.0 Å². The summed E-state index contributed by atoms with van der Waals surface area (Å²) in [5.74, 6) is -1.39. The maximum atomic E-state index is 12.8. The van der Waals surface area contributed by atoms with Gasteiger partial charge in [0.05, 0.1) is 13.2 Å². The Morgan fingerprint density at radius 1 is 0.526 bits per heavy atom. The van der Waals surface area contributed by atoms with Gasteiger partial charge < -0.3 is 58.0 Å². The molecule has 0 aromatic rings. The van der Waals surface area contributed by atoms with Crippen LogP contribution in [0.25, 0.3) is 0 Å². The molecule has 76 heavy (non-hydrogen) atoms. The van der Waals surface area contributed by atoms with Crippen molar-refractivity contribution in [2.24, 2.45) is 21.7 Å². The third-order valence-electron chi connectivity index (χ3n) is 13.5. The molecule has 0 radical (unpaired) electrons. The van der Waals surface area contributed by atoms with Crippen LogP contribution in [0.4, 0.5) is 14.4 Å². The van der Waals surface area contributed by atoms with Gasteiger partial charge in [-0.05, 0) is 131 Å². The summed E-state index contributed by atoms with van der Waals surface area (Å²) in [6.45, 7) is 39.6. The van der Waals surface area contributed by atoms with Gasteiger partial charge in [0.25, 0.3) is 0 Å². The van der Waals surface area contributed by atoms with Gasteiger partial charge in [-0.15, -0.1) is 0 Å². The lowest BCUT2D eigenvalue weighted by Gasteiger charge is -2.46. The molecular weight excluding hydrogens is 1030 g/mol. The Bertz CT molecular complexity index is 1770. The van der Waals surface area contributed by atoms with Crippen LogP contribution >= 0.6 is 0 Å². The fourth-order valence-corrected chi connectivity index (χ4v) is 31.1. The fourth-order valence-electron chi connectivity index (χ4n) is 11.8. The van der Waals surface area contributed by atoms with Crippen LogP contribution in [0.15, 0.2) is 24.3 Å². The highest BCUT2D eigenvalue weighted by Crippen LogP contribution is 2.49. The number of ether oxygens (including phenoxy) is 8. The molecule has 18 nitrogen and oxygen atoms in total. The number of rotatable bonds is 33. The largest absolute Gasteiger partial charge is 0.462 e. The highest BCUT2D eigenvalue weighted by Gasteiger charge is 2.44. The van der Waals surface area contributed by atoms with E-state index in [1.807, 2.05) is 0 Å². The van der Waals surface area contributed by atoms with E-state index in [2.05, 4.69) is 110 Å². The Hall–Kier alpha value is -3.77. The van der Waals surface area contributed by atoms with Crippen molar-refractivity contribution in [2.75, 3.05) is 72.6 Å². The first-order valence-electron chi connectivity index (χ1n) is 27.1. The van der Waals surface area contributed by atoms with Crippen molar-refractivity contribution in [1.29, 1.82) is 0 Å². The first-order valence-corrected chi connectivity index (χ1v) is 36.7. The van der Waals surface area contributed by atoms with E-state index in [0.717, 1.165) is 62.7 Å². The highest BCUT2D eigenvalue weighted by molar-refractivity contribution is 6.96. The summed E-state index contributed by atoms with van der Waals surface area (Å²) < 4.78 is 50.1. The normalized spacial score (nSPS) is 21.1. The molecule has 2 rings (SSSR count). The second kappa shape index (κ2) is 32.3. The zero-order chi connectivity index (χ0) is 56.7. The maximum absolute atomic E-state index is 12.8. The Labute approximate surface area is 460 Å². The molecule has 0 aromatic heterocycles. The van der Waals surface area contributed by atoms with Crippen molar-refractivity contribution in [3.8, 4) is 0 Å². The van der Waals surface area contributed by atoms with Gasteiger partial charge in [0.15, 0.2) is 16.6 Å². The van der Waals surface area contributed by atoms with Crippen LogP contribution in [-0.2, 0) is 56.4 Å². The van der Waals surface area contributed by atoms with Gasteiger partial charge in [-0.25, -0.2) is 24.0 Å². The lowest BCUT2D eigenvalue weighted by Crippen LogP contribution is -2.50. The summed E-state index contributed by atoms with van der Waals surface area (Å²) in [6, 6.07) is 1.88. The monoisotopic (exact) mass is 1130 g/mol. The molecule has 2 fully saturated rings. The van der Waals surface area contributed by atoms with Crippen molar-refractivity contribution in [3.63, 3.8) is 0 Å². The summed E-state index contributed by atoms with van der Waals surface area (Å²) in [5.41, 5.74) is 1.14. The van der Waals surface area contributed by atoms with Crippen molar-refractivity contribution in [2.45, 2.75) is 196 Å². The Morgan fingerprint density at radius 3 is 1.45 bits per heavy atom.